The van der Waals surface area contributed by atoms with Gasteiger partial charge in [0.05, 0.1) is 6.10 Å². The summed E-state index contributed by atoms with van der Waals surface area (Å²) in [7, 11) is 1.49. The zero-order valence-electron chi connectivity index (χ0n) is 13.4. The van der Waals surface area contributed by atoms with Crippen molar-refractivity contribution in [2.75, 3.05) is 7.11 Å². The second-order valence-corrected chi connectivity index (χ2v) is 6.83. The van der Waals surface area contributed by atoms with Crippen LogP contribution < -0.4 is 0 Å². The summed E-state index contributed by atoms with van der Waals surface area (Å²) in [5.74, 6) is 1.09. The molecule has 0 bridgehead atoms. The van der Waals surface area contributed by atoms with E-state index in [9.17, 15) is 8.78 Å². The number of allylic oxidation sites excluding steroid dienone is 2. The van der Waals surface area contributed by atoms with E-state index < -0.39 is 18.4 Å². The largest absolute Gasteiger partial charge is 0.378 e. The molecule has 0 aromatic carbocycles. The molecule has 1 nitrogen and oxygen atoms in total. The lowest BCUT2D eigenvalue weighted by Gasteiger charge is -2.41. The third-order valence-corrected chi connectivity index (χ3v) is 5.63. The summed E-state index contributed by atoms with van der Waals surface area (Å²) in [6, 6.07) is 0. The minimum atomic E-state index is -1.43. The van der Waals surface area contributed by atoms with E-state index in [0.29, 0.717) is 12.3 Å². The standard InChI is InChI=1S/C18H30F2O/c1-3-4-5-6-13-7-9-14(10-8-13)15-11-12-16(21-2)18(20)17(15)19/h3-4,13-18H,5-12H2,1-2H3/b4-3+. The summed E-state index contributed by atoms with van der Waals surface area (Å²) in [5, 5.41) is 0. The Kier molecular flexibility index (Phi) is 6.66. The molecule has 0 heterocycles. The Hall–Kier alpha value is -0.440. The van der Waals surface area contributed by atoms with Gasteiger partial charge in [0.15, 0.2) is 6.17 Å². The highest BCUT2D eigenvalue weighted by Crippen LogP contribution is 2.43. The van der Waals surface area contributed by atoms with Gasteiger partial charge < -0.3 is 4.74 Å². The van der Waals surface area contributed by atoms with Crippen LogP contribution in [0.3, 0.4) is 0 Å². The van der Waals surface area contributed by atoms with E-state index in [-0.39, 0.29) is 5.92 Å². The van der Waals surface area contributed by atoms with Crippen molar-refractivity contribution in [3.8, 4) is 0 Å². The number of hydrogen-bond acceptors (Lipinski definition) is 1. The summed E-state index contributed by atoms with van der Waals surface area (Å²) in [6.07, 6.45) is 9.44. The lowest BCUT2D eigenvalue weighted by atomic mass is 9.69. The first-order valence-electron chi connectivity index (χ1n) is 8.59. The van der Waals surface area contributed by atoms with E-state index in [4.69, 9.17) is 4.74 Å². The van der Waals surface area contributed by atoms with E-state index in [1.165, 1.54) is 26.4 Å². The third-order valence-electron chi connectivity index (χ3n) is 5.63. The predicted octanol–water partition coefficient (Wildman–Crippen LogP) is 5.25. The van der Waals surface area contributed by atoms with E-state index in [1.807, 2.05) is 0 Å². The fourth-order valence-electron chi connectivity index (χ4n) is 4.26. The molecule has 4 unspecified atom stereocenters. The zero-order valence-corrected chi connectivity index (χ0v) is 13.4. The normalized spacial score (nSPS) is 41.5. The molecule has 0 aliphatic heterocycles. The number of halogens is 2. The van der Waals surface area contributed by atoms with E-state index in [0.717, 1.165) is 31.6 Å². The second-order valence-electron chi connectivity index (χ2n) is 6.83. The zero-order chi connectivity index (χ0) is 15.2. The molecule has 0 aromatic rings. The van der Waals surface area contributed by atoms with Crippen molar-refractivity contribution >= 4 is 0 Å². The smallest absolute Gasteiger partial charge is 0.157 e. The highest BCUT2D eigenvalue weighted by Gasteiger charge is 2.44. The molecule has 2 fully saturated rings. The van der Waals surface area contributed by atoms with Crippen molar-refractivity contribution in [2.24, 2.45) is 17.8 Å². The number of hydrogen-bond donors (Lipinski definition) is 0. The van der Waals surface area contributed by atoms with Gasteiger partial charge in [-0.2, -0.15) is 0 Å². The molecule has 2 saturated carbocycles. The molecule has 2 aliphatic rings. The Bertz CT molecular complexity index is 323. The molecule has 0 spiro atoms. The minimum Gasteiger partial charge on any atom is -0.378 e. The quantitative estimate of drug-likeness (QED) is 0.630. The van der Waals surface area contributed by atoms with Gasteiger partial charge in [-0.25, -0.2) is 8.78 Å². The van der Waals surface area contributed by atoms with Gasteiger partial charge in [-0.05, 0) is 63.2 Å². The first-order chi connectivity index (χ1) is 10.2. The monoisotopic (exact) mass is 300 g/mol. The van der Waals surface area contributed by atoms with Crippen molar-refractivity contribution in [3.63, 3.8) is 0 Å². The topological polar surface area (TPSA) is 9.23 Å². The molecular formula is C18H30F2O. The maximum Gasteiger partial charge on any atom is 0.157 e. The molecule has 0 N–H and O–H groups in total. The Labute approximate surface area is 128 Å². The van der Waals surface area contributed by atoms with Gasteiger partial charge in [0.25, 0.3) is 0 Å². The molecule has 122 valence electrons. The van der Waals surface area contributed by atoms with Crippen LogP contribution in [0.15, 0.2) is 12.2 Å². The predicted molar refractivity (Wildman–Crippen MR) is 82.8 cm³/mol. The summed E-state index contributed by atoms with van der Waals surface area (Å²) < 4.78 is 33.4. The van der Waals surface area contributed by atoms with Crippen LogP contribution in [-0.4, -0.2) is 25.6 Å². The Morgan fingerprint density at radius 3 is 2.33 bits per heavy atom. The van der Waals surface area contributed by atoms with Gasteiger partial charge >= 0.3 is 0 Å². The average molecular weight is 300 g/mol. The summed E-state index contributed by atoms with van der Waals surface area (Å²) in [4.78, 5) is 0. The number of alkyl halides is 2. The summed E-state index contributed by atoms with van der Waals surface area (Å²) in [5.41, 5.74) is 0. The average Bonchev–Trinajstić information content (AvgIpc) is 2.51. The molecule has 0 aromatic heterocycles. The first kappa shape index (κ1) is 16.9. The van der Waals surface area contributed by atoms with Crippen molar-refractivity contribution in [2.45, 2.75) is 76.7 Å². The Morgan fingerprint density at radius 1 is 1.00 bits per heavy atom. The lowest BCUT2D eigenvalue weighted by Crippen LogP contribution is -2.45. The molecule has 4 atom stereocenters. The van der Waals surface area contributed by atoms with Gasteiger partial charge in [-0.1, -0.05) is 25.0 Å². The van der Waals surface area contributed by atoms with Crippen molar-refractivity contribution in [1.82, 2.24) is 0 Å². The van der Waals surface area contributed by atoms with Crippen molar-refractivity contribution in [3.05, 3.63) is 12.2 Å². The van der Waals surface area contributed by atoms with Crippen LogP contribution in [0.2, 0.25) is 0 Å². The highest BCUT2D eigenvalue weighted by molar-refractivity contribution is 4.93. The van der Waals surface area contributed by atoms with Crippen LogP contribution in [-0.2, 0) is 4.74 Å². The maximum absolute atomic E-state index is 14.3. The van der Waals surface area contributed by atoms with Gasteiger partial charge in [0.1, 0.15) is 6.17 Å². The first-order valence-corrected chi connectivity index (χ1v) is 8.59. The van der Waals surface area contributed by atoms with Crippen molar-refractivity contribution in [1.29, 1.82) is 0 Å². The molecule has 21 heavy (non-hydrogen) atoms. The molecule has 0 radical (unpaired) electrons. The van der Waals surface area contributed by atoms with Gasteiger partial charge in [0, 0.05) is 7.11 Å². The SMILES string of the molecule is C/C=C/CCC1CCC(C2CCC(OC)C(F)C2F)CC1. The minimum absolute atomic E-state index is 0.0807. The van der Waals surface area contributed by atoms with Gasteiger partial charge in [0.2, 0.25) is 0 Å². The Balaban J connectivity index is 1.79. The molecule has 2 aliphatic carbocycles. The third kappa shape index (κ3) is 4.28. The van der Waals surface area contributed by atoms with Crippen LogP contribution in [0.5, 0.6) is 0 Å². The second kappa shape index (κ2) is 8.26. The van der Waals surface area contributed by atoms with Crippen LogP contribution in [0.25, 0.3) is 0 Å². The highest BCUT2D eigenvalue weighted by atomic mass is 19.2. The van der Waals surface area contributed by atoms with Crippen LogP contribution >= 0.6 is 0 Å². The molecule has 0 saturated heterocycles. The number of rotatable bonds is 5. The summed E-state index contributed by atoms with van der Waals surface area (Å²) >= 11 is 0. The van der Waals surface area contributed by atoms with Crippen LogP contribution in [0.1, 0.15) is 58.3 Å². The molecule has 2 rings (SSSR count). The van der Waals surface area contributed by atoms with E-state index in [2.05, 4.69) is 19.1 Å². The Morgan fingerprint density at radius 2 is 1.71 bits per heavy atom. The van der Waals surface area contributed by atoms with Crippen molar-refractivity contribution < 1.29 is 13.5 Å². The molecule has 3 heteroatoms. The maximum atomic E-state index is 14.3. The fourth-order valence-corrected chi connectivity index (χ4v) is 4.26. The number of methoxy groups -OCH3 is 1. The molecule has 0 amide bonds. The van der Waals surface area contributed by atoms with Gasteiger partial charge in [-0.15, -0.1) is 0 Å². The van der Waals surface area contributed by atoms with Gasteiger partial charge in [-0.3, -0.25) is 0 Å². The number of ether oxygens (including phenoxy) is 1. The summed E-state index contributed by atoms with van der Waals surface area (Å²) in [6.45, 7) is 2.06. The molecular weight excluding hydrogens is 270 g/mol. The van der Waals surface area contributed by atoms with Crippen LogP contribution in [0.4, 0.5) is 8.78 Å². The van der Waals surface area contributed by atoms with E-state index >= 15 is 0 Å². The lowest BCUT2D eigenvalue weighted by molar-refractivity contribution is -0.0720. The fraction of sp³-hybridized carbons (Fsp3) is 0.889. The van der Waals surface area contributed by atoms with Crippen LogP contribution in [0, 0.1) is 17.8 Å². The van der Waals surface area contributed by atoms with E-state index in [1.54, 1.807) is 0 Å².